The average Bonchev–Trinajstić information content (AvgIpc) is 2.71. The van der Waals surface area contributed by atoms with E-state index in [1.807, 2.05) is 0 Å². The van der Waals surface area contributed by atoms with Crippen LogP contribution in [0.4, 0.5) is 5.69 Å². The molecule has 0 aliphatic rings. The minimum absolute atomic E-state index is 0.165. The van der Waals surface area contributed by atoms with Gasteiger partial charge >= 0.3 is 5.97 Å². The van der Waals surface area contributed by atoms with Crippen molar-refractivity contribution in [2.24, 2.45) is 0 Å². The van der Waals surface area contributed by atoms with E-state index in [1.54, 1.807) is 25.4 Å². The number of nitrogen functional groups attached to an aromatic ring is 1. The Bertz CT molecular complexity index is 403. The highest BCUT2D eigenvalue weighted by Gasteiger charge is 2.16. The largest absolute Gasteiger partial charge is 0.466 e. The summed E-state index contributed by atoms with van der Waals surface area (Å²) < 4.78 is 4.79. The second-order valence-corrected chi connectivity index (χ2v) is 4.40. The number of hydrogen-bond acceptors (Lipinski definition) is 5. The Hall–Kier alpha value is -1.56. The molecule has 0 aromatic carbocycles. The minimum Gasteiger partial charge on any atom is -0.466 e. The lowest BCUT2D eigenvalue weighted by molar-refractivity contribution is -0.143. The molecule has 1 rings (SSSR count). The van der Waals surface area contributed by atoms with Crippen LogP contribution in [0, 0.1) is 0 Å². The molecule has 94 valence electrons. The molecular weight excluding hydrogens is 240 g/mol. The molecule has 6 heteroatoms. The molecule has 0 unspecified atom stereocenters. The normalized spacial score (nSPS) is 10.0. The number of carbonyl (C=O) groups is 2. The highest BCUT2D eigenvalue weighted by Crippen LogP contribution is 2.20. The SMILES string of the molecule is CCOC(=O)CCN(C)C(=O)c1sccc1N. The molecule has 0 fully saturated rings. The molecule has 1 aromatic heterocycles. The third-order valence-electron chi connectivity index (χ3n) is 2.19. The van der Waals surface area contributed by atoms with Gasteiger partial charge in [0.2, 0.25) is 0 Å². The Kier molecular flexibility index (Phi) is 4.96. The van der Waals surface area contributed by atoms with Crippen LogP contribution in [0.1, 0.15) is 23.0 Å². The molecule has 1 aromatic rings. The van der Waals surface area contributed by atoms with Crippen LogP contribution in [0.15, 0.2) is 11.4 Å². The van der Waals surface area contributed by atoms with Gasteiger partial charge in [0.15, 0.2) is 0 Å². The fourth-order valence-electron chi connectivity index (χ4n) is 1.26. The quantitative estimate of drug-likeness (QED) is 0.807. The van der Waals surface area contributed by atoms with Crippen LogP contribution in [-0.2, 0) is 9.53 Å². The van der Waals surface area contributed by atoms with Crippen molar-refractivity contribution < 1.29 is 14.3 Å². The molecule has 0 bridgehead atoms. The Labute approximate surface area is 104 Å². The highest BCUT2D eigenvalue weighted by atomic mass is 32.1. The van der Waals surface area contributed by atoms with Gasteiger partial charge in [0.05, 0.1) is 18.7 Å². The molecular formula is C11H16N2O3S. The van der Waals surface area contributed by atoms with E-state index >= 15 is 0 Å². The summed E-state index contributed by atoms with van der Waals surface area (Å²) in [6.45, 7) is 2.43. The minimum atomic E-state index is -0.300. The van der Waals surface area contributed by atoms with Gasteiger partial charge in [-0.25, -0.2) is 0 Å². The molecule has 2 N–H and O–H groups in total. The van der Waals surface area contributed by atoms with Gasteiger partial charge in [0.25, 0.3) is 5.91 Å². The molecule has 0 spiro atoms. The van der Waals surface area contributed by atoms with Gasteiger partial charge < -0.3 is 15.4 Å². The Morgan fingerprint density at radius 3 is 2.76 bits per heavy atom. The van der Waals surface area contributed by atoms with Crippen LogP contribution in [0.2, 0.25) is 0 Å². The lowest BCUT2D eigenvalue weighted by atomic mass is 10.3. The summed E-state index contributed by atoms with van der Waals surface area (Å²) in [4.78, 5) is 25.0. The van der Waals surface area contributed by atoms with Crippen LogP contribution in [0.3, 0.4) is 0 Å². The zero-order valence-corrected chi connectivity index (χ0v) is 10.8. The summed E-state index contributed by atoms with van der Waals surface area (Å²) in [5.41, 5.74) is 6.13. The van der Waals surface area contributed by atoms with Crippen molar-refractivity contribution in [1.82, 2.24) is 4.90 Å². The smallest absolute Gasteiger partial charge is 0.307 e. The molecule has 5 nitrogen and oxygen atoms in total. The molecule has 0 aliphatic carbocycles. The lowest BCUT2D eigenvalue weighted by Crippen LogP contribution is -2.29. The van der Waals surface area contributed by atoms with Crippen LogP contribution in [0.5, 0.6) is 0 Å². The molecule has 17 heavy (non-hydrogen) atoms. The molecule has 0 saturated carbocycles. The third kappa shape index (κ3) is 3.74. The maximum atomic E-state index is 11.9. The Morgan fingerprint density at radius 2 is 2.24 bits per heavy atom. The second-order valence-electron chi connectivity index (χ2n) is 3.49. The van der Waals surface area contributed by atoms with E-state index in [-0.39, 0.29) is 18.3 Å². The summed E-state index contributed by atoms with van der Waals surface area (Å²) in [5.74, 6) is -0.465. The van der Waals surface area contributed by atoms with E-state index in [2.05, 4.69) is 0 Å². The topological polar surface area (TPSA) is 72.6 Å². The Morgan fingerprint density at radius 1 is 1.53 bits per heavy atom. The standard InChI is InChI=1S/C11H16N2O3S/c1-3-16-9(14)4-6-13(2)11(15)10-8(12)5-7-17-10/h5,7H,3-4,6,12H2,1-2H3. The molecule has 0 aliphatic heterocycles. The first-order valence-corrected chi connectivity index (χ1v) is 6.18. The van der Waals surface area contributed by atoms with E-state index in [4.69, 9.17) is 10.5 Å². The summed E-state index contributed by atoms with van der Waals surface area (Å²) in [7, 11) is 1.64. The van der Waals surface area contributed by atoms with Crippen molar-refractivity contribution in [2.75, 3.05) is 25.9 Å². The second kappa shape index (κ2) is 6.24. The monoisotopic (exact) mass is 256 g/mol. The number of amides is 1. The van der Waals surface area contributed by atoms with E-state index in [0.29, 0.717) is 23.7 Å². The summed E-state index contributed by atoms with van der Waals surface area (Å²) in [5, 5.41) is 1.77. The fourth-order valence-corrected chi connectivity index (χ4v) is 2.07. The van der Waals surface area contributed by atoms with E-state index in [0.717, 1.165) is 0 Å². The number of nitrogens with two attached hydrogens (primary N) is 1. The van der Waals surface area contributed by atoms with Gasteiger partial charge in [0, 0.05) is 13.6 Å². The van der Waals surface area contributed by atoms with Gasteiger partial charge in [-0.1, -0.05) is 0 Å². The number of thiophene rings is 1. The summed E-state index contributed by atoms with van der Waals surface area (Å²) >= 11 is 1.30. The van der Waals surface area contributed by atoms with Crippen molar-refractivity contribution in [1.29, 1.82) is 0 Å². The first-order valence-electron chi connectivity index (χ1n) is 5.30. The lowest BCUT2D eigenvalue weighted by Gasteiger charge is -2.15. The Balaban J connectivity index is 2.48. The van der Waals surface area contributed by atoms with Gasteiger partial charge in [-0.2, -0.15) is 0 Å². The summed E-state index contributed by atoms with van der Waals surface area (Å²) in [6.07, 6.45) is 0.196. The molecule has 1 amide bonds. The zero-order valence-electron chi connectivity index (χ0n) is 9.93. The first-order chi connectivity index (χ1) is 8.06. The predicted octanol–water partition coefficient (Wildman–Crippen LogP) is 1.36. The predicted molar refractivity (Wildman–Crippen MR) is 66.9 cm³/mol. The van der Waals surface area contributed by atoms with E-state index < -0.39 is 0 Å². The van der Waals surface area contributed by atoms with Gasteiger partial charge in [0.1, 0.15) is 4.88 Å². The maximum Gasteiger partial charge on any atom is 0.307 e. The van der Waals surface area contributed by atoms with Crippen LogP contribution in [0.25, 0.3) is 0 Å². The summed E-state index contributed by atoms with van der Waals surface area (Å²) in [6, 6.07) is 1.69. The fraction of sp³-hybridized carbons (Fsp3) is 0.455. The van der Waals surface area contributed by atoms with Crippen molar-refractivity contribution >= 4 is 28.9 Å². The number of hydrogen-bond donors (Lipinski definition) is 1. The third-order valence-corrected chi connectivity index (χ3v) is 3.11. The number of rotatable bonds is 5. The number of nitrogens with zero attached hydrogens (tertiary/aromatic N) is 1. The van der Waals surface area contributed by atoms with Crippen molar-refractivity contribution in [2.45, 2.75) is 13.3 Å². The number of carbonyl (C=O) groups excluding carboxylic acids is 2. The van der Waals surface area contributed by atoms with Crippen molar-refractivity contribution in [3.8, 4) is 0 Å². The molecule has 0 atom stereocenters. The van der Waals surface area contributed by atoms with Crippen molar-refractivity contribution in [3.05, 3.63) is 16.3 Å². The van der Waals surface area contributed by atoms with Crippen molar-refractivity contribution in [3.63, 3.8) is 0 Å². The van der Waals surface area contributed by atoms with Gasteiger partial charge in [-0.3, -0.25) is 9.59 Å². The number of anilines is 1. The highest BCUT2D eigenvalue weighted by molar-refractivity contribution is 7.12. The average molecular weight is 256 g/mol. The number of esters is 1. The first kappa shape index (κ1) is 13.5. The molecule has 1 heterocycles. The van der Waals surface area contributed by atoms with Crippen LogP contribution < -0.4 is 5.73 Å². The molecule has 0 saturated heterocycles. The number of ether oxygens (including phenoxy) is 1. The maximum absolute atomic E-state index is 11.9. The molecule has 0 radical (unpaired) electrons. The zero-order chi connectivity index (χ0) is 12.8. The van der Waals surface area contributed by atoms with Crippen LogP contribution >= 0.6 is 11.3 Å². The van der Waals surface area contributed by atoms with E-state index in [9.17, 15) is 9.59 Å². The van der Waals surface area contributed by atoms with Gasteiger partial charge in [-0.05, 0) is 18.4 Å². The van der Waals surface area contributed by atoms with E-state index in [1.165, 1.54) is 16.2 Å². The van der Waals surface area contributed by atoms with Crippen LogP contribution in [-0.4, -0.2) is 37.0 Å². The van der Waals surface area contributed by atoms with Gasteiger partial charge in [-0.15, -0.1) is 11.3 Å².